The maximum Gasteiger partial charge on any atom is 0.245 e. The van der Waals surface area contributed by atoms with E-state index in [0.717, 1.165) is 12.0 Å². The minimum atomic E-state index is -0.320. The van der Waals surface area contributed by atoms with Crippen LogP contribution in [0.4, 0.5) is 0 Å². The molecule has 2 amide bonds. The smallest absolute Gasteiger partial charge is 0.245 e. The second-order valence-electron chi connectivity index (χ2n) is 6.39. The summed E-state index contributed by atoms with van der Waals surface area (Å²) in [5.41, 5.74) is 8.14. The van der Waals surface area contributed by atoms with Crippen molar-refractivity contribution in [2.24, 2.45) is 5.73 Å². The topological polar surface area (TPSA) is 66.6 Å². The number of hydrogen-bond donors (Lipinski definition) is 1. The van der Waals surface area contributed by atoms with E-state index in [-0.39, 0.29) is 36.3 Å². The average Bonchev–Trinajstić information content (AvgIpc) is 3.08. The van der Waals surface area contributed by atoms with Crippen LogP contribution in [-0.4, -0.2) is 46.8 Å². The van der Waals surface area contributed by atoms with Gasteiger partial charge in [0.15, 0.2) is 0 Å². The average molecular weight is 338 g/mol. The SMILES string of the molecule is Cc1ccc(CN2C(=O)CCC2C(=O)N2CC[C@@H](N)C2)cc1.Cl. The maximum atomic E-state index is 12.7. The lowest BCUT2D eigenvalue weighted by atomic mass is 10.1. The van der Waals surface area contributed by atoms with Gasteiger partial charge in [-0.1, -0.05) is 29.8 Å². The van der Waals surface area contributed by atoms with E-state index in [9.17, 15) is 9.59 Å². The van der Waals surface area contributed by atoms with Gasteiger partial charge in [0.25, 0.3) is 0 Å². The molecule has 1 unspecified atom stereocenters. The molecular weight excluding hydrogens is 314 g/mol. The van der Waals surface area contributed by atoms with Crippen molar-refractivity contribution in [3.63, 3.8) is 0 Å². The Hall–Kier alpha value is -1.59. The summed E-state index contributed by atoms with van der Waals surface area (Å²) in [5.74, 6) is 0.133. The largest absolute Gasteiger partial charge is 0.339 e. The van der Waals surface area contributed by atoms with Crippen LogP contribution in [-0.2, 0) is 16.1 Å². The van der Waals surface area contributed by atoms with E-state index in [1.54, 1.807) is 4.90 Å². The summed E-state index contributed by atoms with van der Waals surface area (Å²) in [6, 6.07) is 7.87. The van der Waals surface area contributed by atoms with Crippen molar-refractivity contribution >= 4 is 24.2 Å². The number of hydrogen-bond acceptors (Lipinski definition) is 3. The zero-order chi connectivity index (χ0) is 15.7. The summed E-state index contributed by atoms with van der Waals surface area (Å²) in [6.45, 7) is 3.87. The molecule has 2 fully saturated rings. The Labute approximate surface area is 143 Å². The van der Waals surface area contributed by atoms with Crippen molar-refractivity contribution in [3.8, 4) is 0 Å². The van der Waals surface area contributed by atoms with Gasteiger partial charge in [0, 0.05) is 32.1 Å². The minimum absolute atomic E-state index is 0. The van der Waals surface area contributed by atoms with Gasteiger partial charge in [-0.2, -0.15) is 0 Å². The van der Waals surface area contributed by atoms with Crippen LogP contribution in [0.15, 0.2) is 24.3 Å². The van der Waals surface area contributed by atoms with Crippen molar-refractivity contribution in [1.82, 2.24) is 9.80 Å². The first kappa shape index (κ1) is 17.8. The van der Waals surface area contributed by atoms with Crippen molar-refractivity contribution in [1.29, 1.82) is 0 Å². The van der Waals surface area contributed by atoms with E-state index >= 15 is 0 Å². The number of nitrogens with two attached hydrogens (primary N) is 1. The number of benzene rings is 1. The lowest BCUT2D eigenvalue weighted by Crippen LogP contribution is -2.46. The predicted molar refractivity (Wildman–Crippen MR) is 91.2 cm³/mol. The van der Waals surface area contributed by atoms with Crippen LogP contribution in [0.2, 0.25) is 0 Å². The van der Waals surface area contributed by atoms with E-state index in [0.29, 0.717) is 32.5 Å². The molecule has 2 aliphatic rings. The summed E-state index contributed by atoms with van der Waals surface area (Å²) in [7, 11) is 0. The fraction of sp³-hybridized carbons (Fsp3) is 0.529. The summed E-state index contributed by atoms with van der Waals surface area (Å²) < 4.78 is 0. The van der Waals surface area contributed by atoms with E-state index in [2.05, 4.69) is 0 Å². The molecule has 0 aliphatic carbocycles. The number of carbonyl (C=O) groups is 2. The molecule has 2 atom stereocenters. The van der Waals surface area contributed by atoms with Crippen LogP contribution >= 0.6 is 12.4 Å². The monoisotopic (exact) mass is 337 g/mol. The molecule has 5 nitrogen and oxygen atoms in total. The summed E-state index contributed by atoms with van der Waals surface area (Å²) in [4.78, 5) is 28.4. The molecule has 3 rings (SSSR count). The highest BCUT2D eigenvalue weighted by molar-refractivity contribution is 5.91. The normalized spacial score (nSPS) is 24.0. The molecule has 2 heterocycles. The molecule has 126 valence electrons. The Morgan fingerprint density at radius 1 is 1.26 bits per heavy atom. The third kappa shape index (κ3) is 3.85. The van der Waals surface area contributed by atoms with Gasteiger partial charge in [-0.25, -0.2) is 0 Å². The standard InChI is InChI=1S/C17H23N3O2.ClH/c1-12-2-4-13(5-3-12)10-20-15(6-7-16(20)21)17(22)19-9-8-14(18)11-19;/h2-5,14-15H,6-11,18H2,1H3;1H/t14-,15?;/m1./s1. The summed E-state index contributed by atoms with van der Waals surface area (Å²) in [6.07, 6.45) is 1.93. The van der Waals surface area contributed by atoms with Gasteiger partial charge in [-0.3, -0.25) is 9.59 Å². The third-order valence-corrected chi connectivity index (χ3v) is 4.62. The first-order chi connectivity index (χ1) is 10.5. The molecule has 0 bridgehead atoms. The van der Waals surface area contributed by atoms with E-state index in [1.807, 2.05) is 36.1 Å². The zero-order valence-electron chi connectivity index (χ0n) is 13.4. The van der Waals surface area contributed by atoms with E-state index < -0.39 is 0 Å². The van der Waals surface area contributed by atoms with Gasteiger partial charge in [-0.05, 0) is 25.3 Å². The number of nitrogens with zero attached hydrogens (tertiary/aromatic N) is 2. The van der Waals surface area contributed by atoms with Gasteiger partial charge >= 0.3 is 0 Å². The highest BCUT2D eigenvalue weighted by Gasteiger charge is 2.39. The molecule has 1 aromatic rings. The molecular formula is C17H24ClN3O2. The van der Waals surface area contributed by atoms with Crippen molar-refractivity contribution < 1.29 is 9.59 Å². The van der Waals surface area contributed by atoms with Gasteiger partial charge in [0.1, 0.15) is 6.04 Å². The highest BCUT2D eigenvalue weighted by atomic mass is 35.5. The van der Waals surface area contributed by atoms with E-state index in [4.69, 9.17) is 5.73 Å². The molecule has 0 aromatic heterocycles. The molecule has 2 N–H and O–H groups in total. The number of halogens is 1. The van der Waals surface area contributed by atoms with E-state index in [1.165, 1.54) is 5.56 Å². The number of likely N-dealkylation sites (tertiary alicyclic amines) is 2. The first-order valence-electron chi connectivity index (χ1n) is 7.94. The zero-order valence-corrected chi connectivity index (χ0v) is 14.2. The third-order valence-electron chi connectivity index (χ3n) is 4.62. The van der Waals surface area contributed by atoms with Gasteiger partial charge in [0.05, 0.1) is 0 Å². The van der Waals surface area contributed by atoms with Gasteiger partial charge in [-0.15, -0.1) is 12.4 Å². The molecule has 23 heavy (non-hydrogen) atoms. The Bertz CT molecular complexity index is 576. The lowest BCUT2D eigenvalue weighted by molar-refractivity contribution is -0.141. The summed E-state index contributed by atoms with van der Waals surface area (Å²) >= 11 is 0. The minimum Gasteiger partial charge on any atom is -0.339 e. The second kappa shape index (κ2) is 7.32. The van der Waals surface area contributed by atoms with Gasteiger partial charge < -0.3 is 15.5 Å². The second-order valence-corrected chi connectivity index (χ2v) is 6.39. The quantitative estimate of drug-likeness (QED) is 0.908. The molecule has 1 aromatic carbocycles. The van der Waals surface area contributed by atoms with Crippen LogP contribution in [0.25, 0.3) is 0 Å². The molecule has 6 heteroatoms. The molecule has 0 radical (unpaired) electrons. The van der Waals surface area contributed by atoms with Crippen LogP contribution < -0.4 is 5.73 Å². The Kier molecular flexibility index (Phi) is 5.65. The molecule has 2 aliphatic heterocycles. The molecule has 0 spiro atoms. The maximum absolute atomic E-state index is 12.7. The lowest BCUT2D eigenvalue weighted by Gasteiger charge is -2.28. The number of amides is 2. The Morgan fingerprint density at radius 3 is 2.57 bits per heavy atom. The van der Waals surface area contributed by atoms with Crippen LogP contribution in [0, 0.1) is 6.92 Å². The van der Waals surface area contributed by atoms with Crippen LogP contribution in [0.1, 0.15) is 30.4 Å². The first-order valence-corrected chi connectivity index (χ1v) is 7.94. The summed E-state index contributed by atoms with van der Waals surface area (Å²) in [5, 5.41) is 0. The number of aryl methyl sites for hydroxylation is 1. The fourth-order valence-electron chi connectivity index (χ4n) is 3.28. The van der Waals surface area contributed by atoms with Crippen LogP contribution in [0.5, 0.6) is 0 Å². The molecule has 2 saturated heterocycles. The number of carbonyl (C=O) groups excluding carboxylic acids is 2. The van der Waals surface area contributed by atoms with Crippen molar-refractivity contribution in [2.45, 2.75) is 44.8 Å². The van der Waals surface area contributed by atoms with Crippen molar-refractivity contribution in [3.05, 3.63) is 35.4 Å². The van der Waals surface area contributed by atoms with Crippen molar-refractivity contribution in [2.75, 3.05) is 13.1 Å². The number of rotatable bonds is 3. The highest BCUT2D eigenvalue weighted by Crippen LogP contribution is 2.24. The van der Waals surface area contributed by atoms with Crippen LogP contribution in [0.3, 0.4) is 0 Å². The van der Waals surface area contributed by atoms with Gasteiger partial charge in [0.2, 0.25) is 11.8 Å². The fourth-order valence-corrected chi connectivity index (χ4v) is 3.28. The molecule has 0 saturated carbocycles. The predicted octanol–water partition coefficient (Wildman–Crippen LogP) is 1.47. The Balaban J connectivity index is 0.00000192. The Morgan fingerprint density at radius 2 is 1.96 bits per heavy atom.